The summed E-state index contributed by atoms with van der Waals surface area (Å²) in [6, 6.07) is 47.8. The minimum absolute atomic E-state index is 0.136. The molecule has 0 unspecified atom stereocenters. The molecular formula is C39H30FN. The third-order valence-corrected chi connectivity index (χ3v) is 8.34. The van der Waals surface area contributed by atoms with E-state index in [1.54, 1.807) is 0 Å². The highest BCUT2D eigenvalue weighted by Crippen LogP contribution is 2.50. The van der Waals surface area contributed by atoms with Crippen molar-refractivity contribution in [1.29, 1.82) is 0 Å². The van der Waals surface area contributed by atoms with E-state index in [1.165, 1.54) is 56.6 Å². The number of hydrogen-bond acceptors (Lipinski definition) is 1. The fourth-order valence-electron chi connectivity index (χ4n) is 6.13. The molecule has 0 fully saturated rings. The van der Waals surface area contributed by atoms with Crippen molar-refractivity contribution < 1.29 is 4.39 Å². The molecule has 1 N–H and O–H groups in total. The molecule has 0 amide bonds. The summed E-state index contributed by atoms with van der Waals surface area (Å²) < 4.78 is 13.5. The molecule has 41 heavy (non-hydrogen) atoms. The minimum atomic E-state index is -0.216. The molecule has 6 aromatic rings. The van der Waals surface area contributed by atoms with E-state index in [1.807, 2.05) is 12.1 Å². The van der Waals surface area contributed by atoms with Crippen molar-refractivity contribution in [2.75, 3.05) is 5.32 Å². The van der Waals surface area contributed by atoms with Gasteiger partial charge in [0.15, 0.2) is 0 Å². The van der Waals surface area contributed by atoms with Gasteiger partial charge in [-0.25, -0.2) is 4.39 Å². The normalized spacial score (nSPS) is 13.0. The molecule has 1 nitrogen and oxygen atoms in total. The molecular weight excluding hydrogens is 501 g/mol. The van der Waals surface area contributed by atoms with Crippen LogP contribution in [0.3, 0.4) is 0 Å². The van der Waals surface area contributed by atoms with Crippen molar-refractivity contribution in [2.24, 2.45) is 0 Å². The summed E-state index contributed by atoms with van der Waals surface area (Å²) in [5.41, 5.74) is 14.0. The molecule has 1 aliphatic carbocycles. The van der Waals surface area contributed by atoms with Crippen LogP contribution >= 0.6 is 0 Å². The zero-order valence-electron chi connectivity index (χ0n) is 23.2. The lowest BCUT2D eigenvalue weighted by Gasteiger charge is -2.22. The van der Waals surface area contributed by atoms with Crippen LogP contribution in [0.25, 0.3) is 44.5 Å². The van der Waals surface area contributed by atoms with Crippen molar-refractivity contribution in [3.63, 3.8) is 0 Å². The van der Waals surface area contributed by atoms with Gasteiger partial charge in [-0.3, -0.25) is 0 Å². The number of halogens is 1. The van der Waals surface area contributed by atoms with E-state index in [0.29, 0.717) is 0 Å². The molecule has 0 aliphatic heterocycles. The molecule has 6 aromatic carbocycles. The van der Waals surface area contributed by atoms with E-state index in [-0.39, 0.29) is 11.2 Å². The van der Waals surface area contributed by atoms with Crippen LogP contribution in [0.2, 0.25) is 0 Å². The Morgan fingerprint density at radius 2 is 1.05 bits per heavy atom. The molecule has 0 radical (unpaired) electrons. The first-order valence-electron chi connectivity index (χ1n) is 14.0. The van der Waals surface area contributed by atoms with Gasteiger partial charge in [-0.2, -0.15) is 0 Å². The first kappa shape index (κ1) is 25.0. The predicted octanol–water partition coefficient (Wildman–Crippen LogP) is 10.9. The molecule has 0 heterocycles. The largest absolute Gasteiger partial charge is 0.355 e. The Hall–Kier alpha value is -4.95. The zero-order valence-corrected chi connectivity index (χ0v) is 23.2. The SMILES string of the molecule is CC1(C)c2ccc(-c3ccc(F)cc3)cc2-c2ccc(Nc3ccc(-c4ccccc4)cc3-c3ccccc3)cc21. The smallest absolute Gasteiger partial charge is 0.123 e. The second kappa shape index (κ2) is 9.91. The van der Waals surface area contributed by atoms with E-state index in [9.17, 15) is 4.39 Å². The summed E-state index contributed by atoms with van der Waals surface area (Å²) in [6.45, 7) is 4.59. The molecule has 1 aliphatic rings. The first-order valence-corrected chi connectivity index (χ1v) is 14.0. The van der Waals surface area contributed by atoms with E-state index in [0.717, 1.165) is 22.5 Å². The minimum Gasteiger partial charge on any atom is -0.355 e. The van der Waals surface area contributed by atoms with Gasteiger partial charge in [0.2, 0.25) is 0 Å². The molecule has 0 bridgehead atoms. The number of nitrogens with one attached hydrogen (secondary N) is 1. The van der Waals surface area contributed by atoms with Crippen molar-refractivity contribution >= 4 is 11.4 Å². The third kappa shape index (κ3) is 4.52. The lowest BCUT2D eigenvalue weighted by atomic mass is 9.82. The average Bonchev–Trinajstić information content (AvgIpc) is 3.24. The Kier molecular flexibility index (Phi) is 6.05. The van der Waals surface area contributed by atoms with Crippen LogP contribution in [0.15, 0.2) is 140 Å². The Bertz CT molecular complexity index is 1870. The molecule has 0 saturated heterocycles. The van der Waals surface area contributed by atoms with Gasteiger partial charge in [0.1, 0.15) is 5.82 Å². The summed E-state index contributed by atoms with van der Waals surface area (Å²) in [5.74, 6) is -0.216. The fraction of sp³-hybridized carbons (Fsp3) is 0.0769. The number of fused-ring (bicyclic) bond motifs is 3. The molecule has 0 spiro atoms. The van der Waals surface area contributed by atoms with Crippen LogP contribution in [-0.4, -0.2) is 0 Å². The lowest BCUT2D eigenvalue weighted by molar-refractivity contribution is 0.628. The first-order chi connectivity index (χ1) is 20.0. The Morgan fingerprint density at radius 1 is 0.463 bits per heavy atom. The van der Waals surface area contributed by atoms with Crippen LogP contribution in [0, 0.1) is 5.82 Å². The molecule has 0 aromatic heterocycles. The number of rotatable bonds is 5. The van der Waals surface area contributed by atoms with E-state index in [2.05, 4.69) is 134 Å². The fourth-order valence-corrected chi connectivity index (χ4v) is 6.13. The van der Waals surface area contributed by atoms with E-state index < -0.39 is 0 Å². The second-order valence-corrected chi connectivity index (χ2v) is 11.3. The van der Waals surface area contributed by atoms with Gasteiger partial charge in [0.25, 0.3) is 0 Å². The van der Waals surface area contributed by atoms with Gasteiger partial charge in [-0.1, -0.05) is 111 Å². The average molecular weight is 532 g/mol. The van der Waals surface area contributed by atoms with Crippen LogP contribution in [-0.2, 0) is 5.41 Å². The topological polar surface area (TPSA) is 12.0 Å². The summed E-state index contributed by atoms with van der Waals surface area (Å²) in [5, 5.41) is 3.75. The molecule has 0 saturated carbocycles. The summed E-state index contributed by atoms with van der Waals surface area (Å²) in [4.78, 5) is 0. The molecule has 2 heteroatoms. The highest BCUT2D eigenvalue weighted by atomic mass is 19.1. The van der Waals surface area contributed by atoms with Crippen LogP contribution in [0.5, 0.6) is 0 Å². The van der Waals surface area contributed by atoms with Crippen molar-refractivity contribution in [3.05, 3.63) is 156 Å². The maximum atomic E-state index is 13.5. The monoisotopic (exact) mass is 531 g/mol. The maximum absolute atomic E-state index is 13.5. The lowest BCUT2D eigenvalue weighted by Crippen LogP contribution is -2.15. The second-order valence-electron chi connectivity index (χ2n) is 11.3. The molecule has 7 rings (SSSR count). The highest BCUT2D eigenvalue weighted by Gasteiger charge is 2.35. The van der Waals surface area contributed by atoms with Crippen LogP contribution < -0.4 is 5.32 Å². The van der Waals surface area contributed by atoms with Gasteiger partial charge in [0, 0.05) is 22.4 Å². The van der Waals surface area contributed by atoms with E-state index >= 15 is 0 Å². The number of anilines is 2. The number of hydrogen-bond donors (Lipinski definition) is 1. The van der Waals surface area contributed by atoms with Gasteiger partial charge in [0.05, 0.1) is 0 Å². The predicted molar refractivity (Wildman–Crippen MR) is 170 cm³/mol. The zero-order chi connectivity index (χ0) is 28.0. The van der Waals surface area contributed by atoms with E-state index in [4.69, 9.17) is 0 Å². The maximum Gasteiger partial charge on any atom is 0.123 e. The third-order valence-electron chi connectivity index (χ3n) is 8.34. The van der Waals surface area contributed by atoms with Gasteiger partial charge in [-0.05, 0) is 92.5 Å². The van der Waals surface area contributed by atoms with Crippen molar-refractivity contribution in [2.45, 2.75) is 19.3 Å². The Balaban J connectivity index is 1.27. The summed E-state index contributed by atoms with van der Waals surface area (Å²) in [6.07, 6.45) is 0. The van der Waals surface area contributed by atoms with Gasteiger partial charge in [-0.15, -0.1) is 0 Å². The highest BCUT2D eigenvalue weighted by molar-refractivity contribution is 5.88. The standard InChI is InChI=1S/C39H30FN/c1-39(2)36-21-15-29(27-13-17-31(40)18-14-27)24-35(36)33-20-19-32(25-37(33)39)41-38-22-16-30(26-9-5-3-6-10-26)23-34(38)28-11-7-4-8-12-28/h3-25,41H,1-2H3. The summed E-state index contributed by atoms with van der Waals surface area (Å²) in [7, 11) is 0. The summed E-state index contributed by atoms with van der Waals surface area (Å²) >= 11 is 0. The quantitative estimate of drug-likeness (QED) is 0.233. The van der Waals surface area contributed by atoms with Crippen molar-refractivity contribution in [1.82, 2.24) is 0 Å². The Morgan fingerprint density at radius 3 is 1.76 bits per heavy atom. The molecule has 0 atom stereocenters. The van der Waals surface area contributed by atoms with Gasteiger partial charge < -0.3 is 5.32 Å². The van der Waals surface area contributed by atoms with Gasteiger partial charge >= 0.3 is 0 Å². The van der Waals surface area contributed by atoms with Crippen LogP contribution in [0.4, 0.5) is 15.8 Å². The van der Waals surface area contributed by atoms with Crippen LogP contribution in [0.1, 0.15) is 25.0 Å². The number of benzene rings is 6. The molecule has 198 valence electrons. The Labute approximate surface area is 241 Å². The van der Waals surface area contributed by atoms with Crippen molar-refractivity contribution in [3.8, 4) is 44.5 Å².